The van der Waals surface area contributed by atoms with E-state index < -0.39 is 0 Å². The Morgan fingerprint density at radius 1 is 0.719 bits per heavy atom. The molecule has 3 N–H and O–H groups in total. The molecule has 3 amide bonds. The Kier molecular flexibility index (Phi) is 7.40. The molecule has 0 unspecified atom stereocenters. The quantitative estimate of drug-likeness (QED) is 0.618. The highest BCUT2D eigenvalue weighted by atomic mass is 16.2. The van der Waals surface area contributed by atoms with Crippen LogP contribution in [0, 0.1) is 17.8 Å². The van der Waals surface area contributed by atoms with E-state index in [0.29, 0.717) is 18.0 Å². The van der Waals surface area contributed by atoms with Gasteiger partial charge in [-0.05, 0) is 61.3 Å². The van der Waals surface area contributed by atoms with Crippen molar-refractivity contribution in [3.8, 4) is 0 Å². The van der Waals surface area contributed by atoms with Gasteiger partial charge in [-0.3, -0.25) is 25.2 Å². The second kappa shape index (κ2) is 10.6. The lowest BCUT2D eigenvalue weighted by Gasteiger charge is -2.29. The number of rotatable bonds is 5. The van der Waals surface area contributed by atoms with Crippen LogP contribution in [0.3, 0.4) is 0 Å². The molecule has 4 rings (SSSR count). The predicted molar refractivity (Wildman–Crippen MR) is 125 cm³/mol. The van der Waals surface area contributed by atoms with Gasteiger partial charge in [0.2, 0.25) is 11.8 Å². The molecule has 32 heavy (non-hydrogen) atoms. The first-order chi connectivity index (χ1) is 15.6. The van der Waals surface area contributed by atoms with Gasteiger partial charge in [0.1, 0.15) is 0 Å². The average molecular weight is 436 g/mol. The number of amides is 3. The molecule has 6 nitrogen and oxygen atoms in total. The van der Waals surface area contributed by atoms with Gasteiger partial charge in [0.05, 0.1) is 0 Å². The van der Waals surface area contributed by atoms with Crippen molar-refractivity contribution in [2.45, 2.75) is 57.8 Å². The van der Waals surface area contributed by atoms with E-state index >= 15 is 0 Å². The summed E-state index contributed by atoms with van der Waals surface area (Å²) in [6.45, 7) is 0.710. The monoisotopic (exact) mass is 435 g/mol. The fourth-order valence-corrected chi connectivity index (χ4v) is 5.09. The van der Waals surface area contributed by atoms with Gasteiger partial charge in [-0.1, -0.05) is 55.7 Å². The number of carbonyl (C=O) groups excluding carboxylic acids is 3. The van der Waals surface area contributed by atoms with Crippen molar-refractivity contribution in [1.29, 1.82) is 0 Å². The molecule has 0 atom stereocenters. The summed E-state index contributed by atoms with van der Waals surface area (Å²) in [7, 11) is 0. The van der Waals surface area contributed by atoms with E-state index in [1.165, 1.54) is 6.42 Å². The van der Waals surface area contributed by atoms with Crippen LogP contribution in [-0.4, -0.2) is 24.3 Å². The number of hydrogen-bond donors (Lipinski definition) is 3. The molecule has 2 fully saturated rings. The summed E-state index contributed by atoms with van der Waals surface area (Å²) in [5, 5.41) is 4.99. The van der Waals surface area contributed by atoms with Gasteiger partial charge >= 0.3 is 0 Å². The summed E-state index contributed by atoms with van der Waals surface area (Å²) in [5.41, 5.74) is 5.74. The van der Waals surface area contributed by atoms with Crippen LogP contribution in [0.5, 0.6) is 0 Å². The number of hydrogen-bond acceptors (Lipinski definition) is 3. The molecule has 0 aliphatic heterocycles. The number of hydrazine groups is 1. The molecule has 0 aromatic heterocycles. The molecule has 0 radical (unpaired) electrons. The molecule has 2 aromatic rings. The second-order valence-electron chi connectivity index (χ2n) is 9.27. The van der Waals surface area contributed by atoms with Crippen LogP contribution in [0.1, 0.15) is 68.1 Å². The Labute approximate surface area is 189 Å². The van der Waals surface area contributed by atoms with Gasteiger partial charge in [0.25, 0.3) is 5.91 Å². The van der Waals surface area contributed by atoms with Gasteiger partial charge < -0.3 is 5.32 Å². The number of benzene rings is 2. The normalized spacial score (nSPS) is 21.6. The molecular formula is C26H33N3O3. The zero-order valence-corrected chi connectivity index (χ0v) is 18.6. The van der Waals surface area contributed by atoms with Crippen LogP contribution in [0.15, 0.2) is 42.5 Å². The van der Waals surface area contributed by atoms with Gasteiger partial charge in [0.15, 0.2) is 0 Å². The molecule has 2 aliphatic carbocycles. The largest absolute Gasteiger partial charge is 0.356 e. The van der Waals surface area contributed by atoms with Crippen molar-refractivity contribution >= 4 is 28.5 Å². The highest BCUT2D eigenvalue weighted by molar-refractivity contribution is 6.07. The van der Waals surface area contributed by atoms with E-state index in [4.69, 9.17) is 0 Å². The zero-order valence-electron chi connectivity index (χ0n) is 18.6. The van der Waals surface area contributed by atoms with E-state index in [2.05, 4.69) is 16.2 Å². The molecule has 2 aromatic carbocycles. The number of fused-ring (bicyclic) bond motifs is 1. The maximum absolute atomic E-state index is 12.6. The second-order valence-corrected chi connectivity index (χ2v) is 9.27. The molecule has 0 heterocycles. The lowest BCUT2D eigenvalue weighted by atomic mass is 9.81. The Balaban J connectivity index is 1.20. The zero-order chi connectivity index (χ0) is 22.3. The fourth-order valence-electron chi connectivity index (χ4n) is 5.09. The van der Waals surface area contributed by atoms with Gasteiger partial charge in [0, 0.05) is 23.9 Å². The van der Waals surface area contributed by atoms with E-state index in [-0.39, 0.29) is 29.6 Å². The van der Waals surface area contributed by atoms with Crippen molar-refractivity contribution < 1.29 is 14.4 Å². The third-order valence-corrected chi connectivity index (χ3v) is 7.09. The Morgan fingerprint density at radius 2 is 1.41 bits per heavy atom. The Morgan fingerprint density at radius 3 is 2.19 bits per heavy atom. The first kappa shape index (κ1) is 22.3. The summed E-state index contributed by atoms with van der Waals surface area (Å²) in [4.78, 5) is 37.5. The molecule has 170 valence electrons. The van der Waals surface area contributed by atoms with Crippen LogP contribution >= 0.6 is 0 Å². The number of carbonyl (C=O) groups is 3. The van der Waals surface area contributed by atoms with E-state index in [1.54, 1.807) is 6.07 Å². The molecule has 2 aliphatic rings. The van der Waals surface area contributed by atoms with Gasteiger partial charge in [-0.2, -0.15) is 0 Å². The minimum atomic E-state index is -0.311. The maximum Gasteiger partial charge on any atom is 0.270 e. The third kappa shape index (κ3) is 5.47. The first-order valence-electron chi connectivity index (χ1n) is 12.0. The minimum Gasteiger partial charge on any atom is -0.356 e. The van der Waals surface area contributed by atoms with Crippen molar-refractivity contribution in [3.63, 3.8) is 0 Å². The van der Waals surface area contributed by atoms with Crippen LogP contribution in [-0.2, 0) is 9.59 Å². The summed E-state index contributed by atoms with van der Waals surface area (Å²) in [5.74, 6) is 0.277. The summed E-state index contributed by atoms with van der Waals surface area (Å²) < 4.78 is 0. The minimum absolute atomic E-state index is 0.104. The Bertz CT molecular complexity index is 954. The summed E-state index contributed by atoms with van der Waals surface area (Å²) in [6, 6.07) is 13.3. The van der Waals surface area contributed by atoms with E-state index in [9.17, 15) is 14.4 Å². The molecular weight excluding hydrogens is 402 g/mol. The fraction of sp³-hybridized carbons (Fsp3) is 0.500. The first-order valence-corrected chi connectivity index (χ1v) is 12.0. The highest BCUT2D eigenvalue weighted by Gasteiger charge is 2.28. The van der Waals surface area contributed by atoms with E-state index in [0.717, 1.165) is 62.1 Å². The molecule has 0 saturated heterocycles. The summed E-state index contributed by atoms with van der Waals surface area (Å²) in [6.07, 6.45) is 9.00. The molecule has 0 bridgehead atoms. The smallest absolute Gasteiger partial charge is 0.270 e. The third-order valence-electron chi connectivity index (χ3n) is 7.09. The van der Waals surface area contributed by atoms with Crippen LogP contribution < -0.4 is 16.2 Å². The summed E-state index contributed by atoms with van der Waals surface area (Å²) >= 11 is 0. The lowest BCUT2D eigenvalue weighted by molar-refractivity contribution is -0.128. The topological polar surface area (TPSA) is 87.3 Å². The van der Waals surface area contributed by atoms with Crippen molar-refractivity contribution in [2.24, 2.45) is 17.8 Å². The van der Waals surface area contributed by atoms with Crippen molar-refractivity contribution in [1.82, 2.24) is 16.2 Å². The standard InChI is InChI=1S/C26H33N3O3/c30-24(20-8-2-1-3-9-20)27-17-18-13-15-21(16-14-18)25(31)28-29-26(32)23-12-6-10-19-7-4-5-11-22(19)23/h4-7,10-12,18,20-21H,1-3,8-9,13-17H2,(H,27,30)(H,28,31)(H,29,32). The van der Waals surface area contributed by atoms with Crippen LogP contribution in [0.2, 0.25) is 0 Å². The lowest BCUT2D eigenvalue weighted by Crippen LogP contribution is -2.45. The molecule has 2 saturated carbocycles. The number of nitrogens with one attached hydrogen (secondary N) is 3. The van der Waals surface area contributed by atoms with Gasteiger partial charge in [-0.15, -0.1) is 0 Å². The highest BCUT2D eigenvalue weighted by Crippen LogP contribution is 2.29. The SMILES string of the molecule is O=C(NNC(=O)C1CCC(CNC(=O)C2CCCCC2)CC1)c1cccc2ccccc12. The van der Waals surface area contributed by atoms with E-state index in [1.807, 2.05) is 36.4 Å². The predicted octanol–water partition coefficient (Wildman–Crippen LogP) is 4.10. The average Bonchev–Trinajstić information content (AvgIpc) is 2.86. The molecule has 0 spiro atoms. The maximum atomic E-state index is 12.6. The Hall–Kier alpha value is -2.89. The van der Waals surface area contributed by atoms with Crippen LogP contribution in [0.25, 0.3) is 10.8 Å². The van der Waals surface area contributed by atoms with Crippen molar-refractivity contribution in [3.05, 3.63) is 48.0 Å². The van der Waals surface area contributed by atoms with Crippen LogP contribution in [0.4, 0.5) is 0 Å². The van der Waals surface area contributed by atoms with Crippen molar-refractivity contribution in [2.75, 3.05) is 6.54 Å². The van der Waals surface area contributed by atoms with Gasteiger partial charge in [-0.25, -0.2) is 0 Å². The molecule has 6 heteroatoms.